The molecule has 0 fully saturated rings. The van der Waals surface area contributed by atoms with Gasteiger partial charge in [0, 0.05) is 36.9 Å². The number of pyridine rings is 2. The highest BCUT2D eigenvalue weighted by molar-refractivity contribution is 7.13. The van der Waals surface area contributed by atoms with Crippen molar-refractivity contribution in [3.63, 3.8) is 0 Å². The molecule has 0 radical (unpaired) electrons. The number of nitrogens with one attached hydrogen (secondary N) is 1. The molecule has 0 unspecified atom stereocenters. The fourth-order valence-electron chi connectivity index (χ4n) is 2.89. The second-order valence-electron chi connectivity index (χ2n) is 7.05. The summed E-state index contributed by atoms with van der Waals surface area (Å²) in [5.41, 5.74) is 2.45. The van der Waals surface area contributed by atoms with Gasteiger partial charge in [0.15, 0.2) is 0 Å². The van der Waals surface area contributed by atoms with Crippen molar-refractivity contribution in [3.8, 4) is 21.8 Å². The van der Waals surface area contributed by atoms with Crippen LogP contribution in [0.1, 0.15) is 42.7 Å². The summed E-state index contributed by atoms with van der Waals surface area (Å²) in [5, 5.41) is 2.59. The minimum atomic E-state index is -0.450. The topological polar surface area (TPSA) is 88.2 Å². The van der Waals surface area contributed by atoms with Crippen LogP contribution in [0.5, 0.6) is 0 Å². The van der Waals surface area contributed by atoms with Gasteiger partial charge in [-0.3, -0.25) is 4.79 Å². The minimum absolute atomic E-state index is 0. The molecule has 0 aliphatic carbocycles. The molecule has 0 saturated carbocycles. The molecular formula is C21H25ClN4O3S. The Morgan fingerprint density at radius 3 is 2.67 bits per heavy atom. The van der Waals surface area contributed by atoms with Crippen molar-refractivity contribution in [1.82, 2.24) is 15.0 Å². The fraction of sp³-hybridized carbons (Fsp3) is 0.333. The number of carbonyl (C=O) groups is 1. The smallest absolute Gasteiger partial charge is 0.339 e. The van der Waals surface area contributed by atoms with Gasteiger partial charge in [-0.05, 0) is 31.0 Å². The average molecular weight is 449 g/mol. The second-order valence-corrected chi connectivity index (χ2v) is 7.91. The number of hydrogen-bond acceptors (Lipinski definition) is 7. The molecule has 0 aliphatic heterocycles. The number of ether oxygens (including phenoxy) is 1. The fourth-order valence-corrected chi connectivity index (χ4v) is 3.71. The van der Waals surface area contributed by atoms with E-state index in [1.54, 1.807) is 19.2 Å². The van der Waals surface area contributed by atoms with Crippen molar-refractivity contribution in [2.75, 3.05) is 25.6 Å². The van der Waals surface area contributed by atoms with Gasteiger partial charge in [0.1, 0.15) is 10.8 Å². The molecule has 0 spiro atoms. The summed E-state index contributed by atoms with van der Waals surface area (Å²) in [7, 11) is 3.85. The maximum atomic E-state index is 12.7. The second kappa shape index (κ2) is 9.86. The first-order valence-electron chi connectivity index (χ1n) is 9.35. The van der Waals surface area contributed by atoms with Crippen molar-refractivity contribution in [2.24, 2.45) is 0 Å². The van der Waals surface area contributed by atoms with E-state index in [1.165, 1.54) is 11.3 Å². The van der Waals surface area contributed by atoms with Crippen molar-refractivity contribution in [3.05, 3.63) is 51.4 Å². The molecule has 3 heterocycles. The van der Waals surface area contributed by atoms with Crippen LogP contribution in [-0.4, -0.2) is 41.6 Å². The van der Waals surface area contributed by atoms with Gasteiger partial charge in [0.25, 0.3) is 5.56 Å². The number of anilines is 1. The molecule has 0 bridgehead atoms. The predicted octanol–water partition coefficient (Wildman–Crippen LogP) is 4.35. The summed E-state index contributed by atoms with van der Waals surface area (Å²) in [5.74, 6) is 0.348. The summed E-state index contributed by atoms with van der Waals surface area (Å²) in [6, 6.07) is 5.41. The number of H-pyrrole nitrogens is 1. The van der Waals surface area contributed by atoms with Gasteiger partial charge in [-0.2, -0.15) is 0 Å². The lowest BCUT2D eigenvalue weighted by atomic mass is 10.0. The zero-order valence-electron chi connectivity index (χ0n) is 17.6. The Kier molecular flexibility index (Phi) is 7.75. The van der Waals surface area contributed by atoms with Crippen LogP contribution in [0.25, 0.3) is 21.8 Å². The van der Waals surface area contributed by atoms with E-state index in [1.807, 2.05) is 50.4 Å². The molecule has 3 aromatic heterocycles. The normalized spacial score (nSPS) is 10.6. The highest BCUT2D eigenvalue weighted by Crippen LogP contribution is 2.30. The van der Waals surface area contributed by atoms with Gasteiger partial charge in [-0.15, -0.1) is 23.7 Å². The van der Waals surface area contributed by atoms with E-state index in [4.69, 9.17) is 4.74 Å². The third-order valence-electron chi connectivity index (χ3n) is 4.38. The molecule has 160 valence electrons. The SMILES string of the molecule is CCOC(=O)c1cc(-c2csc(-c3ccnc(N(C)C)c3)n2)c(=O)[nH]c1C(C)C.Cl. The molecule has 30 heavy (non-hydrogen) atoms. The predicted molar refractivity (Wildman–Crippen MR) is 123 cm³/mol. The van der Waals surface area contributed by atoms with Crippen LogP contribution >= 0.6 is 23.7 Å². The van der Waals surface area contributed by atoms with Crippen molar-refractivity contribution < 1.29 is 9.53 Å². The molecule has 3 aromatic rings. The van der Waals surface area contributed by atoms with Crippen molar-refractivity contribution in [1.29, 1.82) is 0 Å². The number of carbonyl (C=O) groups excluding carboxylic acids is 1. The molecule has 0 atom stereocenters. The number of nitrogens with zero attached hydrogens (tertiary/aromatic N) is 3. The molecule has 0 aliphatic rings. The summed E-state index contributed by atoms with van der Waals surface area (Å²) < 4.78 is 5.17. The largest absolute Gasteiger partial charge is 0.462 e. The highest BCUT2D eigenvalue weighted by Gasteiger charge is 2.20. The number of aromatic amines is 1. The molecule has 1 N–H and O–H groups in total. The van der Waals surface area contributed by atoms with E-state index >= 15 is 0 Å². The van der Waals surface area contributed by atoms with Crippen LogP contribution in [0.15, 0.2) is 34.6 Å². The Morgan fingerprint density at radius 2 is 2.03 bits per heavy atom. The molecule has 0 aromatic carbocycles. The van der Waals surface area contributed by atoms with Crippen LogP contribution < -0.4 is 10.5 Å². The average Bonchev–Trinajstić information content (AvgIpc) is 3.17. The number of aromatic nitrogens is 3. The Morgan fingerprint density at radius 1 is 1.30 bits per heavy atom. The molecular weight excluding hydrogens is 424 g/mol. The van der Waals surface area contributed by atoms with E-state index in [0.717, 1.165) is 16.4 Å². The Hall–Kier alpha value is -2.71. The van der Waals surface area contributed by atoms with Crippen molar-refractivity contribution >= 4 is 35.5 Å². The van der Waals surface area contributed by atoms with Gasteiger partial charge in [0.2, 0.25) is 0 Å². The van der Waals surface area contributed by atoms with Gasteiger partial charge in [-0.25, -0.2) is 14.8 Å². The van der Waals surface area contributed by atoms with Crippen LogP contribution in [0.2, 0.25) is 0 Å². The number of hydrogen-bond donors (Lipinski definition) is 1. The maximum absolute atomic E-state index is 12.7. The first kappa shape index (κ1) is 23.6. The monoisotopic (exact) mass is 448 g/mol. The number of rotatable bonds is 6. The Labute approximate surface area is 185 Å². The van der Waals surface area contributed by atoms with E-state index in [2.05, 4.69) is 15.0 Å². The standard InChI is InChI=1S/C21H24N4O3S.ClH/c1-6-28-21(27)15-10-14(19(26)24-18(15)12(2)3)16-11-29-20(23-16)13-7-8-22-17(9-13)25(4)5;/h7-12H,6H2,1-5H3,(H,24,26);1H. The van der Waals surface area contributed by atoms with E-state index in [9.17, 15) is 9.59 Å². The molecule has 9 heteroatoms. The van der Waals surface area contributed by atoms with Gasteiger partial charge in [0.05, 0.1) is 23.4 Å². The van der Waals surface area contributed by atoms with Crippen molar-refractivity contribution in [2.45, 2.75) is 26.7 Å². The molecule has 0 amide bonds. The number of esters is 1. The molecule has 7 nitrogen and oxygen atoms in total. The first-order valence-corrected chi connectivity index (χ1v) is 10.2. The third kappa shape index (κ3) is 4.88. The highest BCUT2D eigenvalue weighted by atomic mass is 35.5. The number of thiazole rings is 1. The zero-order valence-corrected chi connectivity index (χ0v) is 19.2. The van der Waals surface area contributed by atoms with Gasteiger partial charge in [-0.1, -0.05) is 13.8 Å². The van der Waals surface area contributed by atoms with Crippen LogP contribution in [0.4, 0.5) is 5.82 Å². The van der Waals surface area contributed by atoms with E-state index in [-0.39, 0.29) is 30.5 Å². The molecule has 3 rings (SSSR count). The van der Waals surface area contributed by atoms with Gasteiger partial charge >= 0.3 is 5.97 Å². The lowest BCUT2D eigenvalue weighted by Crippen LogP contribution is -2.19. The maximum Gasteiger partial charge on any atom is 0.339 e. The number of halogens is 1. The summed E-state index contributed by atoms with van der Waals surface area (Å²) >= 11 is 1.44. The van der Waals surface area contributed by atoms with E-state index in [0.29, 0.717) is 22.5 Å². The minimum Gasteiger partial charge on any atom is -0.462 e. The first-order chi connectivity index (χ1) is 13.8. The van der Waals surface area contributed by atoms with Crippen LogP contribution in [0.3, 0.4) is 0 Å². The summed E-state index contributed by atoms with van der Waals surface area (Å²) in [6.07, 6.45) is 1.73. The third-order valence-corrected chi connectivity index (χ3v) is 5.27. The van der Waals surface area contributed by atoms with Crippen LogP contribution in [-0.2, 0) is 4.74 Å². The van der Waals surface area contributed by atoms with Crippen LogP contribution in [0, 0.1) is 0 Å². The zero-order chi connectivity index (χ0) is 21.1. The Balaban J connectivity index is 0.00000320. The van der Waals surface area contributed by atoms with Gasteiger partial charge < -0.3 is 14.6 Å². The van der Waals surface area contributed by atoms with E-state index < -0.39 is 5.97 Å². The Bertz CT molecular complexity index is 1090. The molecule has 0 saturated heterocycles. The lowest BCUT2D eigenvalue weighted by Gasteiger charge is -2.12. The summed E-state index contributed by atoms with van der Waals surface area (Å²) in [6.45, 7) is 5.85. The quantitative estimate of drug-likeness (QED) is 0.564. The lowest BCUT2D eigenvalue weighted by molar-refractivity contribution is 0.0524. The summed E-state index contributed by atoms with van der Waals surface area (Å²) in [4.78, 5) is 38.8.